The number of sulfonamides is 2. The number of carbonyl (C=O) groups excluding carboxylic acids is 16. The first-order valence-electron chi connectivity index (χ1n) is 42.6. The Hall–Kier alpha value is -13.3. The Morgan fingerprint density at radius 3 is 1.17 bits per heavy atom. The van der Waals surface area contributed by atoms with Gasteiger partial charge in [0.25, 0.3) is 72.5 Å². The molecule has 6 atom stereocenters. The number of amides is 14. The van der Waals surface area contributed by atoms with Crippen molar-refractivity contribution in [2.24, 2.45) is 0 Å². The van der Waals surface area contributed by atoms with Crippen molar-refractivity contribution >= 4 is 126 Å². The van der Waals surface area contributed by atoms with Crippen molar-refractivity contribution in [2.45, 2.75) is 191 Å². The average molecular weight is 1820 g/mol. The summed E-state index contributed by atoms with van der Waals surface area (Å²) in [5, 5.41) is 11.3. The van der Waals surface area contributed by atoms with Crippen LogP contribution in [0.1, 0.15) is 206 Å². The molecule has 7 saturated heterocycles. The molecular weight excluding hydrogens is 1710 g/mol. The van der Waals surface area contributed by atoms with Crippen LogP contribution in [0.4, 0.5) is 11.4 Å². The maximum absolute atomic E-state index is 12.8. The Balaban J connectivity index is 0.000000160. The number of hydrogen-bond donors (Lipinski definition) is 5. The molecule has 8 fully saturated rings. The Bertz CT molecular complexity index is 5640. The van der Waals surface area contributed by atoms with E-state index in [1.54, 1.807) is 43.0 Å². The normalized spacial score (nSPS) is 22.5. The number of piperazine rings is 2. The lowest BCUT2D eigenvalue weighted by atomic mass is 9.93. The van der Waals surface area contributed by atoms with Crippen LogP contribution >= 0.6 is 0 Å². The van der Waals surface area contributed by atoms with E-state index in [4.69, 9.17) is 0 Å². The van der Waals surface area contributed by atoms with Crippen LogP contribution in [0.2, 0.25) is 0 Å². The zero-order valence-electron chi connectivity index (χ0n) is 73.3. The number of fused-ring (bicyclic) bond motifs is 4. The molecule has 2 aromatic heterocycles. The second-order valence-corrected chi connectivity index (χ2v) is 34.6. The molecule has 4 aromatic carbocycles. The molecule has 1 aliphatic carbocycles. The van der Waals surface area contributed by atoms with Gasteiger partial charge in [-0.25, -0.2) is 35.4 Å². The number of benzene rings is 4. The summed E-state index contributed by atoms with van der Waals surface area (Å²) in [5.41, 5.74) is 5.97. The summed E-state index contributed by atoms with van der Waals surface area (Å²) in [6, 6.07) is 20.8. The number of carbonyl (C=O) groups is 16. The fraction of sp³-hybridized carbons (Fsp3) is 0.432. The number of likely N-dealkylation sites (N-methyl/N-ethyl adjacent to an activating group) is 2. The van der Waals surface area contributed by atoms with E-state index in [-0.39, 0.29) is 125 Å². The van der Waals surface area contributed by atoms with Crippen molar-refractivity contribution in [3.05, 3.63) is 187 Å². The second kappa shape index (κ2) is 42.6. The number of hydrogen-bond acceptors (Lipinski definition) is 28. The maximum atomic E-state index is 12.8. The van der Waals surface area contributed by atoms with Gasteiger partial charge in [-0.2, -0.15) is 0 Å². The number of aromatic nitrogens is 4. The zero-order chi connectivity index (χ0) is 94.4. The van der Waals surface area contributed by atoms with Gasteiger partial charge in [0.2, 0.25) is 41.4 Å². The van der Waals surface area contributed by atoms with Crippen molar-refractivity contribution in [3.8, 4) is 0 Å². The van der Waals surface area contributed by atoms with E-state index < -0.39 is 109 Å². The van der Waals surface area contributed by atoms with Crippen LogP contribution in [0.15, 0.2) is 141 Å². The lowest BCUT2D eigenvalue weighted by molar-refractivity contribution is -0.138. The Kier molecular flexibility index (Phi) is 32.3. The fourth-order valence-electron chi connectivity index (χ4n) is 16.0. The predicted octanol–water partition coefficient (Wildman–Crippen LogP) is 3.32. The summed E-state index contributed by atoms with van der Waals surface area (Å²) in [4.78, 5) is 232. The van der Waals surface area contributed by atoms with E-state index in [0.29, 0.717) is 81.0 Å². The highest BCUT2D eigenvalue weighted by Crippen LogP contribution is 2.38. The van der Waals surface area contributed by atoms with Crippen molar-refractivity contribution in [1.29, 1.82) is 0 Å². The van der Waals surface area contributed by atoms with E-state index in [1.807, 2.05) is 59.7 Å². The van der Waals surface area contributed by atoms with E-state index in [9.17, 15) is 103 Å². The first kappa shape index (κ1) is 97.9. The molecule has 12 aliphatic rings. The van der Waals surface area contributed by atoms with Gasteiger partial charge in [0.15, 0.2) is 5.78 Å². The van der Waals surface area contributed by atoms with Crippen molar-refractivity contribution in [1.82, 2.24) is 73.9 Å². The summed E-state index contributed by atoms with van der Waals surface area (Å²) in [5.74, 6) is -6.96. The standard InChI is InChI=1S/C18H20N4O4.C18H22N4O3.2C12H10N2O5S.C11H13N3O2.C11H12N2O3.3C2H6/c1-20-6-8-21(9-7-20)11-2-3-12-13(10-11)18(26)22(17(12)25)14-4-5-15(23)19-16(14)24;1-20-6-8-21(9-7-20)13-2-3-14-12(10-13)11-22(18(14)25)15-4-5-16(23)19-17(15)24;2*15-10-6-5-8(11(16)13-10)14-12(17)7-3-1-2-4-9(7)20(14,18)19;1-7-3-4-9(11(16)13-7)14-6-12-8(2)5-10(14)15;1-7-4-11(16)13(6-12-7)9-3-2-8(14)5-10(9)15;3*1-2/h2-3,10,14H,4-9H2,1H3,(H,19,23,24);2-3,10,15H,4-9,11H2,1H3,(H,19,23,24);2*1-4,8H,5-6H2,(H,13,15,16);5-6,9H,1,3-4H2,2H3,(H,13,16);4,6,9H,2-3,5H2,1H3;3*1-2H3. The number of nitrogens with one attached hydrogen (secondary N) is 5. The number of rotatable bonds is 8. The molecule has 0 bridgehead atoms. The summed E-state index contributed by atoms with van der Waals surface area (Å²) in [7, 11) is -3.88. The molecule has 18 rings (SSSR count). The molecule has 129 heavy (non-hydrogen) atoms. The Morgan fingerprint density at radius 1 is 0.372 bits per heavy atom. The number of Topliss-reactive ketones (excluding diaryl/α,β-unsaturated/α-hetero) is 2. The number of anilines is 2. The fourth-order valence-corrected chi connectivity index (χ4v) is 19.5. The smallest absolute Gasteiger partial charge is 0.269 e. The molecule has 686 valence electrons. The number of aryl methyl sites for hydroxylation is 2. The van der Waals surface area contributed by atoms with Gasteiger partial charge < -0.3 is 29.8 Å². The lowest BCUT2D eigenvalue weighted by Crippen LogP contribution is -2.54. The SMILES string of the molecule is C=C1CCC(n2cnc(C)cc2=O)C(=O)N1.CC.CC.CC.CN1CCN(c2ccc3c(c2)C(=O)N(C2CCC(=O)NC2=O)C3=O)CC1.CN1CCN(c2ccc3c(c2)CN(C2CCC(=O)NC2=O)C3=O)CC1.Cc1cc(=O)n(C2CCC(=O)CC2=O)cn1.O=C1CCC(N2C(=O)c3ccccc3S2(=O)=O)C(=O)N1.O=C1CCC(N2C(=O)c3ccccc3S2(=O)=O)C(=O)N1. The Morgan fingerprint density at radius 2 is 0.752 bits per heavy atom. The lowest BCUT2D eigenvalue weighted by Gasteiger charge is -2.34. The van der Waals surface area contributed by atoms with E-state index in [2.05, 4.69) is 82.9 Å². The van der Waals surface area contributed by atoms with Crippen LogP contribution in [0.3, 0.4) is 0 Å². The third kappa shape index (κ3) is 21.8. The molecule has 0 spiro atoms. The summed E-state index contributed by atoms with van der Waals surface area (Å²) in [6.07, 6.45) is 5.78. The van der Waals surface area contributed by atoms with Crippen molar-refractivity contribution in [2.75, 3.05) is 76.3 Å². The van der Waals surface area contributed by atoms with Crippen molar-refractivity contribution in [3.63, 3.8) is 0 Å². The monoisotopic (exact) mass is 1820 g/mol. The zero-order valence-corrected chi connectivity index (χ0v) is 74.9. The molecule has 6 unspecified atom stereocenters. The first-order chi connectivity index (χ1) is 61.5. The molecular formula is C88H105N17O22S2. The van der Waals surface area contributed by atoms with E-state index in [0.717, 1.165) is 74.2 Å². The minimum Gasteiger partial charge on any atom is -0.369 e. The maximum Gasteiger partial charge on any atom is 0.269 e. The number of nitrogens with zero attached hydrogens (tertiary/aromatic N) is 12. The molecule has 39 nitrogen and oxygen atoms in total. The molecule has 41 heteroatoms. The number of piperidine rings is 5. The average Bonchev–Trinajstić information content (AvgIpc) is 1.58. The van der Waals surface area contributed by atoms with Crippen LogP contribution < -0.4 is 47.5 Å². The van der Waals surface area contributed by atoms with Gasteiger partial charge in [-0.1, -0.05) is 72.4 Å². The highest BCUT2D eigenvalue weighted by atomic mass is 32.2. The molecule has 13 heterocycles. The number of imide groups is 5. The van der Waals surface area contributed by atoms with Gasteiger partial charge in [0, 0.05) is 137 Å². The second-order valence-electron chi connectivity index (χ2n) is 31.1. The van der Waals surface area contributed by atoms with Crippen LogP contribution in [0.5, 0.6) is 0 Å². The minimum absolute atomic E-state index is 0.00360. The van der Waals surface area contributed by atoms with E-state index in [1.165, 1.54) is 70.3 Å². The number of allylic oxidation sites excluding steroid dienone is 1. The third-order valence-electron chi connectivity index (χ3n) is 22.7. The van der Waals surface area contributed by atoms with Gasteiger partial charge in [-0.3, -0.25) is 122 Å². The number of ketones is 2. The summed E-state index contributed by atoms with van der Waals surface area (Å²) >= 11 is 0. The van der Waals surface area contributed by atoms with Gasteiger partial charge in [-0.05, 0) is 139 Å². The Labute approximate surface area is 744 Å². The molecule has 0 radical (unpaired) electrons. The molecule has 11 aliphatic heterocycles. The molecule has 1 saturated carbocycles. The van der Waals surface area contributed by atoms with Gasteiger partial charge in [-0.15, -0.1) is 0 Å². The summed E-state index contributed by atoms with van der Waals surface area (Å²) < 4.78 is 53.3. The molecule has 14 amide bonds. The minimum atomic E-state index is -4.03. The van der Waals surface area contributed by atoms with Gasteiger partial charge >= 0.3 is 0 Å². The van der Waals surface area contributed by atoms with Gasteiger partial charge in [0.1, 0.15) is 45.8 Å². The third-order valence-corrected chi connectivity index (χ3v) is 26.4. The van der Waals surface area contributed by atoms with Crippen LogP contribution in [0.25, 0.3) is 0 Å². The quantitative estimate of drug-likeness (QED) is 0.108. The van der Waals surface area contributed by atoms with Gasteiger partial charge in [0.05, 0.1) is 47.4 Å². The van der Waals surface area contributed by atoms with E-state index >= 15 is 0 Å². The van der Waals surface area contributed by atoms with Crippen LogP contribution in [-0.2, 0) is 79.3 Å². The summed E-state index contributed by atoms with van der Waals surface area (Å²) in [6.45, 7) is 27.2. The highest BCUT2D eigenvalue weighted by molar-refractivity contribution is 7.90. The van der Waals surface area contributed by atoms with Crippen LogP contribution in [0, 0.1) is 13.8 Å². The highest BCUT2D eigenvalue weighted by Gasteiger charge is 2.51. The first-order valence-corrected chi connectivity index (χ1v) is 45.5. The van der Waals surface area contributed by atoms with Crippen LogP contribution in [-0.4, -0.2) is 249 Å². The molecule has 6 aromatic rings. The largest absolute Gasteiger partial charge is 0.369 e. The topological polar surface area (TPSA) is 497 Å². The predicted molar refractivity (Wildman–Crippen MR) is 466 cm³/mol. The van der Waals surface area contributed by atoms with Crippen molar-refractivity contribution < 1.29 is 93.5 Å². The molecule has 5 N–H and O–H groups in total.